The number of hydrogen-bond donors (Lipinski definition) is 2. The topological polar surface area (TPSA) is 75.6 Å². The number of imidazole rings is 1. The number of rotatable bonds is 6. The molecule has 0 spiro atoms. The molecule has 2 N–H and O–H groups in total. The van der Waals surface area contributed by atoms with E-state index in [2.05, 4.69) is 27.3 Å². The van der Waals surface area contributed by atoms with Crippen LogP contribution in [0.3, 0.4) is 0 Å². The maximum absolute atomic E-state index is 12.5. The van der Waals surface area contributed by atoms with Crippen LogP contribution in [0.1, 0.15) is 35.8 Å². The number of amides is 1. The van der Waals surface area contributed by atoms with Gasteiger partial charge in [-0.2, -0.15) is 5.10 Å². The Morgan fingerprint density at radius 3 is 2.79 bits per heavy atom. The highest BCUT2D eigenvalue weighted by Gasteiger charge is 2.15. The number of aryl methyl sites for hydroxylation is 2. The number of hydrogen-bond acceptors (Lipinski definition) is 3. The number of H-pyrrole nitrogens is 1. The summed E-state index contributed by atoms with van der Waals surface area (Å²) in [4.78, 5) is 19.9. The van der Waals surface area contributed by atoms with Gasteiger partial charge in [0.2, 0.25) is 0 Å². The summed E-state index contributed by atoms with van der Waals surface area (Å²) >= 11 is 0. The quantitative estimate of drug-likeness (QED) is 0.727. The van der Waals surface area contributed by atoms with Crippen molar-refractivity contribution in [3.05, 3.63) is 54.0 Å². The van der Waals surface area contributed by atoms with E-state index in [0.29, 0.717) is 11.5 Å². The van der Waals surface area contributed by atoms with E-state index in [4.69, 9.17) is 0 Å². The predicted octanol–water partition coefficient (Wildman–Crippen LogP) is 3.63. The minimum Gasteiger partial charge on any atom is -0.334 e. The normalized spacial score (nSPS) is 10.8. The van der Waals surface area contributed by atoms with Crippen molar-refractivity contribution in [2.75, 3.05) is 5.32 Å². The summed E-state index contributed by atoms with van der Waals surface area (Å²) in [5.41, 5.74) is 2.32. The van der Waals surface area contributed by atoms with Crippen LogP contribution in [0.4, 0.5) is 5.82 Å². The lowest BCUT2D eigenvalue weighted by molar-refractivity contribution is 0.102. The molecule has 0 aliphatic carbocycles. The van der Waals surface area contributed by atoms with Crippen LogP contribution in [0.15, 0.2) is 42.7 Å². The Morgan fingerprint density at radius 2 is 2.04 bits per heavy atom. The maximum Gasteiger partial charge on any atom is 0.274 e. The highest BCUT2D eigenvalue weighted by Crippen LogP contribution is 2.18. The Hall–Kier alpha value is -2.89. The molecule has 1 aromatic carbocycles. The number of aromatic nitrogens is 4. The Labute approximate surface area is 140 Å². The van der Waals surface area contributed by atoms with Gasteiger partial charge in [-0.25, -0.2) is 9.67 Å². The molecule has 0 saturated carbocycles. The Morgan fingerprint density at radius 1 is 1.25 bits per heavy atom. The van der Waals surface area contributed by atoms with Crippen molar-refractivity contribution in [1.82, 2.24) is 19.7 Å². The van der Waals surface area contributed by atoms with Crippen LogP contribution in [0.25, 0.3) is 11.4 Å². The monoisotopic (exact) mass is 323 g/mol. The van der Waals surface area contributed by atoms with E-state index in [-0.39, 0.29) is 5.91 Å². The second-order valence-corrected chi connectivity index (χ2v) is 5.72. The third-order valence-corrected chi connectivity index (χ3v) is 3.85. The van der Waals surface area contributed by atoms with E-state index in [1.54, 1.807) is 12.4 Å². The number of nitrogens with zero attached hydrogens (tertiary/aromatic N) is 3. The average molecular weight is 323 g/mol. The first kappa shape index (κ1) is 16.0. The van der Waals surface area contributed by atoms with Crippen LogP contribution < -0.4 is 5.32 Å². The smallest absolute Gasteiger partial charge is 0.274 e. The largest absolute Gasteiger partial charge is 0.334 e. The number of anilines is 1. The molecule has 1 amide bonds. The van der Waals surface area contributed by atoms with Crippen LogP contribution in [-0.4, -0.2) is 25.7 Å². The predicted molar refractivity (Wildman–Crippen MR) is 93.8 cm³/mol. The van der Waals surface area contributed by atoms with Gasteiger partial charge in [0.15, 0.2) is 0 Å². The molecule has 2 heterocycles. The molecule has 3 rings (SSSR count). The number of unbranched alkanes of at least 4 members (excludes halogenated alkanes) is 1. The third-order valence-electron chi connectivity index (χ3n) is 3.85. The number of aromatic amines is 1. The molecule has 124 valence electrons. The van der Waals surface area contributed by atoms with Gasteiger partial charge in [0.1, 0.15) is 17.3 Å². The molecule has 0 aliphatic rings. The first-order chi connectivity index (χ1) is 11.7. The van der Waals surface area contributed by atoms with Crippen molar-refractivity contribution in [3.63, 3.8) is 0 Å². The number of nitrogens with one attached hydrogen (secondary N) is 2. The molecule has 0 unspecified atom stereocenters. The first-order valence-corrected chi connectivity index (χ1v) is 8.13. The van der Waals surface area contributed by atoms with Crippen molar-refractivity contribution in [1.29, 1.82) is 0 Å². The molecular formula is C18H21N5O. The molecule has 6 heteroatoms. The summed E-state index contributed by atoms with van der Waals surface area (Å²) in [7, 11) is 0. The molecule has 2 aromatic heterocycles. The lowest BCUT2D eigenvalue weighted by atomic mass is 10.2. The molecule has 24 heavy (non-hydrogen) atoms. The fraction of sp³-hybridized carbons (Fsp3) is 0.278. The molecule has 6 nitrogen and oxygen atoms in total. The van der Waals surface area contributed by atoms with Gasteiger partial charge in [-0.05, 0) is 13.3 Å². The van der Waals surface area contributed by atoms with E-state index in [0.717, 1.165) is 36.3 Å². The van der Waals surface area contributed by atoms with E-state index in [1.807, 2.05) is 41.9 Å². The minimum absolute atomic E-state index is 0.217. The van der Waals surface area contributed by atoms with Crippen molar-refractivity contribution >= 4 is 11.7 Å². The van der Waals surface area contributed by atoms with Gasteiger partial charge in [-0.3, -0.25) is 4.79 Å². The van der Waals surface area contributed by atoms with Gasteiger partial charge in [-0.1, -0.05) is 43.7 Å². The minimum atomic E-state index is -0.217. The molecule has 0 bridgehead atoms. The Bertz CT molecular complexity index is 819. The summed E-state index contributed by atoms with van der Waals surface area (Å²) < 4.78 is 1.84. The third kappa shape index (κ3) is 3.37. The Balaban J connectivity index is 1.77. The number of carbonyl (C=O) groups excluding carboxylic acids is 1. The second kappa shape index (κ2) is 7.12. The standard InChI is InChI=1S/C18H21N5O/c1-3-4-10-23-17(13(2)11-20-23)22-18(24)15-12-19-16(21-15)14-8-6-5-7-9-14/h5-9,11-12H,3-4,10H2,1-2H3,(H,19,21)(H,22,24). The van der Waals surface area contributed by atoms with E-state index >= 15 is 0 Å². The zero-order chi connectivity index (χ0) is 16.9. The summed E-state index contributed by atoms with van der Waals surface area (Å²) in [6.45, 7) is 4.86. The van der Waals surface area contributed by atoms with Crippen LogP contribution in [0.5, 0.6) is 0 Å². The zero-order valence-electron chi connectivity index (χ0n) is 13.9. The van der Waals surface area contributed by atoms with Crippen LogP contribution >= 0.6 is 0 Å². The van der Waals surface area contributed by atoms with Crippen LogP contribution in [-0.2, 0) is 6.54 Å². The zero-order valence-corrected chi connectivity index (χ0v) is 13.9. The maximum atomic E-state index is 12.5. The molecule has 0 radical (unpaired) electrons. The highest BCUT2D eigenvalue weighted by molar-refractivity contribution is 6.03. The molecule has 0 aliphatic heterocycles. The van der Waals surface area contributed by atoms with Crippen LogP contribution in [0.2, 0.25) is 0 Å². The van der Waals surface area contributed by atoms with Gasteiger partial charge in [0.25, 0.3) is 5.91 Å². The van der Waals surface area contributed by atoms with Gasteiger partial charge in [0, 0.05) is 17.7 Å². The van der Waals surface area contributed by atoms with Crippen molar-refractivity contribution in [2.24, 2.45) is 0 Å². The fourth-order valence-electron chi connectivity index (χ4n) is 2.47. The second-order valence-electron chi connectivity index (χ2n) is 5.72. The van der Waals surface area contributed by atoms with Gasteiger partial charge < -0.3 is 10.3 Å². The molecule has 0 saturated heterocycles. The molecule has 0 atom stereocenters. The molecule has 0 fully saturated rings. The van der Waals surface area contributed by atoms with Gasteiger partial charge in [0.05, 0.1) is 12.4 Å². The molecule has 3 aromatic rings. The SMILES string of the molecule is CCCCn1ncc(C)c1NC(=O)c1cnc(-c2ccccc2)[nH]1. The summed E-state index contributed by atoms with van der Waals surface area (Å²) in [5, 5.41) is 7.27. The summed E-state index contributed by atoms with van der Waals surface area (Å²) in [5.74, 6) is 1.20. The van der Waals surface area contributed by atoms with E-state index in [9.17, 15) is 4.79 Å². The first-order valence-electron chi connectivity index (χ1n) is 8.13. The van der Waals surface area contributed by atoms with Crippen molar-refractivity contribution < 1.29 is 4.79 Å². The van der Waals surface area contributed by atoms with Gasteiger partial charge >= 0.3 is 0 Å². The van der Waals surface area contributed by atoms with Crippen molar-refractivity contribution in [2.45, 2.75) is 33.2 Å². The van der Waals surface area contributed by atoms with E-state index < -0.39 is 0 Å². The average Bonchev–Trinajstić information content (AvgIpc) is 3.22. The van der Waals surface area contributed by atoms with Crippen molar-refractivity contribution in [3.8, 4) is 11.4 Å². The Kier molecular flexibility index (Phi) is 4.74. The lowest BCUT2D eigenvalue weighted by Gasteiger charge is -2.09. The summed E-state index contributed by atoms with van der Waals surface area (Å²) in [6, 6.07) is 9.72. The van der Waals surface area contributed by atoms with Gasteiger partial charge in [-0.15, -0.1) is 0 Å². The number of carbonyl (C=O) groups is 1. The fourth-order valence-corrected chi connectivity index (χ4v) is 2.47. The number of benzene rings is 1. The lowest BCUT2D eigenvalue weighted by Crippen LogP contribution is -2.17. The summed E-state index contributed by atoms with van der Waals surface area (Å²) in [6.07, 6.45) is 5.42. The van der Waals surface area contributed by atoms with E-state index in [1.165, 1.54) is 0 Å². The molecular weight excluding hydrogens is 302 g/mol. The van der Waals surface area contributed by atoms with Crippen LogP contribution in [0, 0.1) is 6.92 Å². The highest BCUT2D eigenvalue weighted by atomic mass is 16.2.